The van der Waals surface area contributed by atoms with Crippen LogP contribution in [0.15, 0.2) is 48.9 Å². The number of nitrogens with one attached hydrogen (secondary N) is 1. The molecular weight excluding hydrogens is 284 g/mol. The lowest BCUT2D eigenvalue weighted by molar-refractivity contribution is 0.102. The van der Waals surface area contributed by atoms with Crippen LogP contribution in [0.5, 0.6) is 5.88 Å². The van der Waals surface area contributed by atoms with Gasteiger partial charge in [0.25, 0.3) is 5.91 Å². The lowest BCUT2D eigenvalue weighted by Crippen LogP contribution is -2.12. The number of hydrogen-bond donors (Lipinski definition) is 1. The molecule has 8 nitrogen and oxygen atoms in total. The Bertz CT molecular complexity index is 753. The molecule has 1 N–H and O–H groups in total. The van der Waals surface area contributed by atoms with Gasteiger partial charge >= 0.3 is 0 Å². The fourth-order valence-electron chi connectivity index (χ4n) is 1.82. The van der Waals surface area contributed by atoms with Crippen molar-refractivity contribution < 1.29 is 9.53 Å². The highest BCUT2D eigenvalue weighted by atomic mass is 16.5. The van der Waals surface area contributed by atoms with Crippen LogP contribution >= 0.6 is 0 Å². The number of rotatable bonds is 4. The number of hydrogen-bond acceptors (Lipinski definition) is 6. The molecule has 110 valence electrons. The zero-order valence-electron chi connectivity index (χ0n) is 11.7. The molecule has 0 spiro atoms. The number of amides is 1. The lowest BCUT2D eigenvalue weighted by Gasteiger charge is -2.06. The zero-order chi connectivity index (χ0) is 15.4. The number of benzene rings is 1. The fourth-order valence-corrected chi connectivity index (χ4v) is 1.82. The van der Waals surface area contributed by atoms with Crippen LogP contribution < -0.4 is 10.1 Å². The summed E-state index contributed by atoms with van der Waals surface area (Å²) < 4.78 is 6.47. The van der Waals surface area contributed by atoms with Crippen LogP contribution in [0.3, 0.4) is 0 Å². The monoisotopic (exact) mass is 296 g/mol. The second kappa shape index (κ2) is 6.00. The highest BCUT2D eigenvalue weighted by Gasteiger charge is 2.07. The topological polar surface area (TPSA) is 94.8 Å². The number of carbonyl (C=O) groups is 1. The van der Waals surface area contributed by atoms with Gasteiger partial charge in [-0.25, -0.2) is 9.67 Å². The van der Waals surface area contributed by atoms with Crippen molar-refractivity contribution in [2.45, 2.75) is 0 Å². The lowest BCUT2D eigenvalue weighted by atomic mass is 10.2. The van der Waals surface area contributed by atoms with Crippen molar-refractivity contribution in [3.05, 3.63) is 54.5 Å². The third kappa shape index (κ3) is 2.90. The average Bonchev–Trinajstić information content (AvgIpc) is 3.10. The molecule has 0 fully saturated rings. The maximum atomic E-state index is 12.1. The molecule has 8 heteroatoms. The molecule has 0 radical (unpaired) electrons. The molecule has 1 amide bonds. The Morgan fingerprint density at radius 1 is 1.18 bits per heavy atom. The Morgan fingerprint density at radius 2 is 2.00 bits per heavy atom. The summed E-state index contributed by atoms with van der Waals surface area (Å²) in [6.07, 6.45) is 3.02. The van der Waals surface area contributed by atoms with Gasteiger partial charge in [0.15, 0.2) is 0 Å². The molecule has 22 heavy (non-hydrogen) atoms. The first-order chi connectivity index (χ1) is 10.8. The van der Waals surface area contributed by atoms with Crippen molar-refractivity contribution in [3.63, 3.8) is 0 Å². The first kappa shape index (κ1) is 13.7. The van der Waals surface area contributed by atoms with Gasteiger partial charge in [-0.1, -0.05) is 0 Å². The molecule has 0 aliphatic heterocycles. The fraction of sp³-hybridized carbons (Fsp3) is 0.0714. The quantitative estimate of drug-likeness (QED) is 0.780. The van der Waals surface area contributed by atoms with Gasteiger partial charge < -0.3 is 10.1 Å². The Kier molecular flexibility index (Phi) is 3.73. The maximum Gasteiger partial charge on any atom is 0.255 e. The van der Waals surface area contributed by atoms with E-state index in [9.17, 15) is 4.79 Å². The smallest absolute Gasteiger partial charge is 0.255 e. The van der Waals surface area contributed by atoms with Gasteiger partial charge in [0.2, 0.25) is 5.88 Å². The summed E-state index contributed by atoms with van der Waals surface area (Å²) in [5, 5.41) is 13.7. The average molecular weight is 296 g/mol. The number of anilines is 1. The predicted octanol–water partition coefficient (Wildman–Crippen LogP) is 1.32. The number of carbonyl (C=O) groups excluding carboxylic acids is 1. The van der Waals surface area contributed by atoms with E-state index < -0.39 is 0 Å². The van der Waals surface area contributed by atoms with Crippen molar-refractivity contribution in [2.24, 2.45) is 0 Å². The van der Waals surface area contributed by atoms with Crippen LogP contribution in [-0.2, 0) is 0 Å². The molecule has 0 aliphatic rings. The van der Waals surface area contributed by atoms with E-state index in [1.54, 1.807) is 36.4 Å². The van der Waals surface area contributed by atoms with Crippen molar-refractivity contribution in [1.29, 1.82) is 0 Å². The molecule has 0 atom stereocenters. The molecule has 0 saturated heterocycles. The van der Waals surface area contributed by atoms with Crippen LogP contribution in [0.25, 0.3) is 5.69 Å². The highest BCUT2D eigenvalue weighted by Crippen LogP contribution is 2.13. The van der Waals surface area contributed by atoms with Crippen LogP contribution in [0, 0.1) is 0 Å². The number of tetrazole rings is 1. The van der Waals surface area contributed by atoms with Gasteiger partial charge in [-0.05, 0) is 40.8 Å². The molecule has 0 aliphatic carbocycles. The van der Waals surface area contributed by atoms with Crippen LogP contribution in [0.2, 0.25) is 0 Å². The number of methoxy groups -OCH3 is 1. The van der Waals surface area contributed by atoms with E-state index in [0.717, 1.165) is 5.69 Å². The maximum absolute atomic E-state index is 12.1. The summed E-state index contributed by atoms with van der Waals surface area (Å²) in [7, 11) is 1.53. The van der Waals surface area contributed by atoms with Gasteiger partial charge in [0.1, 0.15) is 6.33 Å². The van der Waals surface area contributed by atoms with Gasteiger partial charge in [0.05, 0.1) is 24.7 Å². The van der Waals surface area contributed by atoms with E-state index >= 15 is 0 Å². The number of nitrogens with zero attached hydrogens (tertiary/aromatic N) is 5. The van der Waals surface area contributed by atoms with Gasteiger partial charge in [-0.3, -0.25) is 4.79 Å². The first-order valence-electron chi connectivity index (χ1n) is 6.41. The van der Waals surface area contributed by atoms with Crippen LogP contribution in [0.1, 0.15) is 10.4 Å². The summed E-state index contributed by atoms with van der Waals surface area (Å²) in [5.41, 5.74) is 1.88. The molecule has 0 bridgehead atoms. The molecule has 0 saturated carbocycles. The van der Waals surface area contributed by atoms with Gasteiger partial charge in [-0.15, -0.1) is 5.10 Å². The summed E-state index contributed by atoms with van der Waals surface area (Å²) in [6, 6.07) is 10.3. The minimum atomic E-state index is -0.227. The third-order valence-electron chi connectivity index (χ3n) is 2.95. The molecule has 3 aromatic rings. The first-order valence-corrected chi connectivity index (χ1v) is 6.41. The summed E-state index contributed by atoms with van der Waals surface area (Å²) in [6.45, 7) is 0. The number of ether oxygens (including phenoxy) is 1. The van der Waals surface area contributed by atoms with E-state index in [1.165, 1.54) is 24.3 Å². The molecule has 2 aromatic heterocycles. The van der Waals surface area contributed by atoms with Gasteiger partial charge in [-0.2, -0.15) is 0 Å². The molecule has 3 rings (SSSR count). The molecular formula is C14H12N6O2. The van der Waals surface area contributed by atoms with Crippen molar-refractivity contribution in [3.8, 4) is 11.6 Å². The number of aromatic nitrogens is 5. The Balaban J connectivity index is 1.71. The normalized spacial score (nSPS) is 10.2. The standard InChI is InChI=1S/C14H12N6O2/c1-22-13-7-4-11(8-15-13)17-14(21)10-2-5-12(6-3-10)20-9-16-18-19-20/h2-9H,1H3,(H,17,21). The summed E-state index contributed by atoms with van der Waals surface area (Å²) in [4.78, 5) is 16.2. The van der Waals surface area contributed by atoms with E-state index in [4.69, 9.17) is 4.74 Å². The Hall–Kier alpha value is -3.29. The Morgan fingerprint density at radius 3 is 2.59 bits per heavy atom. The highest BCUT2D eigenvalue weighted by molar-refractivity contribution is 6.04. The predicted molar refractivity (Wildman–Crippen MR) is 77.9 cm³/mol. The van der Waals surface area contributed by atoms with Crippen LogP contribution in [0.4, 0.5) is 5.69 Å². The minimum Gasteiger partial charge on any atom is -0.481 e. The van der Waals surface area contributed by atoms with Gasteiger partial charge in [0, 0.05) is 11.6 Å². The summed E-state index contributed by atoms with van der Waals surface area (Å²) >= 11 is 0. The van der Waals surface area contributed by atoms with Crippen molar-refractivity contribution in [1.82, 2.24) is 25.2 Å². The molecule has 0 unspecified atom stereocenters. The van der Waals surface area contributed by atoms with E-state index in [-0.39, 0.29) is 5.91 Å². The molecule has 1 aromatic carbocycles. The Labute approximate surface area is 125 Å². The largest absolute Gasteiger partial charge is 0.481 e. The van der Waals surface area contributed by atoms with Crippen molar-refractivity contribution >= 4 is 11.6 Å². The van der Waals surface area contributed by atoms with Crippen LogP contribution in [-0.4, -0.2) is 38.2 Å². The second-order valence-electron chi connectivity index (χ2n) is 4.34. The summed E-state index contributed by atoms with van der Waals surface area (Å²) in [5.74, 6) is 0.263. The van der Waals surface area contributed by atoms with E-state index in [1.807, 2.05) is 0 Å². The van der Waals surface area contributed by atoms with E-state index in [2.05, 4.69) is 25.8 Å². The van der Waals surface area contributed by atoms with E-state index in [0.29, 0.717) is 17.1 Å². The SMILES string of the molecule is COc1ccc(NC(=O)c2ccc(-n3cnnn3)cc2)cn1. The second-order valence-corrected chi connectivity index (χ2v) is 4.34. The number of pyridine rings is 1. The molecule has 2 heterocycles. The van der Waals surface area contributed by atoms with Crippen molar-refractivity contribution in [2.75, 3.05) is 12.4 Å². The third-order valence-corrected chi connectivity index (χ3v) is 2.95. The minimum absolute atomic E-state index is 0.227. The zero-order valence-corrected chi connectivity index (χ0v) is 11.7.